The summed E-state index contributed by atoms with van der Waals surface area (Å²) < 4.78 is 79.3. The number of hydrogen-bond acceptors (Lipinski definition) is 22. The van der Waals surface area contributed by atoms with Gasteiger partial charge in [0.1, 0.15) is 15.6 Å². The van der Waals surface area contributed by atoms with Crippen LogP contribution < -0.4 is 39.6 Å². The molecule has 6 aromatic rings. The van der Waals surface area contributed by atoms with Crippen molar-refractivity contribution in [2.75, 3.05) is 65.1 Å². The molecule has 32 heteroatoms. The number of oxime groups is 1. The van der Waals surface area contributed by atoms with Crippen molar-refractivity contribution in [1.82, 2.24) is 39.3 Å². The Morgan fingerprint density at radius 2 is 1.22 bits per heavy atom. The minimum absolute atomic E-state index is 0. The number of nitrogens with zero attached hydrogens (tertiary/aromatic N) is 7. The molecule has 423 valence electrons. The van der Waals surface area contributed by atoms with Crippen molar-refractivity contribution in [3.63, 3.8) is 0 Å². The van der Waals surface area contributed by atoms with E-state index in [2.05, 4.69) is 50.8 Å². The van der Waals surface area contributed by atoms with Crippen LogP contribution in [0.1, 0.15) is 51.0 Å². The number of esters is 2. The van der Waals surface area contributed by atoms with E-state index >= 15 is 0 Å². The van der Waals surface area contributed by atoms with Gasteiger partial charge in [-0.25, -0.2) is 45.5 Å². The number of methoxy groups -OCH3 is 4. The maximum atomic E-state index is 12.8. The number of urea groups is 2. The van der Waals surface area contributed by atoms with E-state index in [-0.39, 0.29) is 81.9 Å². The molecule has 1 aliphatic rings. The van der Waals surface area contributed by atoms with Crippen molar-refractivity contribution in [2.24, 2.45) is 5.16 Å². The first kappa shape index (κ1) is 65.4. The summed E-state index contributed by atoms with van der Waals surface area (Å²) in [5.41, 5.74) is 1.15. The Balaban J connectivity index is 0.000000263. The maximum absolute atomic E-state index is 12.8. The Hall–Kier alpha value is -8.11. The van der Waals surface area contributed by atoms with E-state index in [4.69, 9.17) is 23.8 Å². The summed E-state index contributed by atoms with van der Waals surface area (Å²) in [6, 6.07) is 26.3. The van der Waals surface area contributed by atoms with Crippen molar-refractivity contribution in [2.45, 2.75) is 35.7 Å². The molecular weight excluding hydrogens is 1230 g/mol. The van der Waals surface area contributed by atoms with Crippen LogP contribution in [-0.2, 0) is 49.5 Å². The summed E-state index contributed by atoms with van der Waals surface area (Å²) >= 11 is 1.88. The molecular formula is C49H51IN12NaO16S2. The third-order valence-corrected chi connectivity index (χ3v) is 13.8. The van der Waals surface area contributed by atoms with Crippen molar-refractivity contribution in [1.29, 1.82) is 0 Å². The summed E-state index contributed by atoms with van der Waals surface area (Å²) in [6.07, 6.45) is 0.701. The topological polar surface area (TPSA) is 366 Å². The fourth-order valence-corrected chi connectivity index (χ4v) is 9.81. The number of benzene rings is 4. The van der Waals surface area contributed by atoms with Crippen molar-refractivity contribution < 1.29 is 74.1 Å². The fourth-order valence-electron chi connectivity index (χ4n) is 6.85. The number of hydrogen-bond donors (Lipinski definition) is 5. The smallest absolute Gasteiger partial charge is 0.356 e. The van der Waals surface area contributed by atoms with Crippen LogP contribution in [0.3, 0.4) is 0 Å². The summed E-state index contributed by atoms with van der Waals surface area (Å²) in [7, 11) is -0.947. The van der Waals surface area contributed by atoms with Crippen molar-refractivity contribution >= 4 is 132 Å². The third-order valence-electron chi connectivity index (χ3n) is 10.4. The molecule has 81 heavy (non-hydrogen) atoms. The quantitative estimate of drug-likeness (QED) is 0.0369. The van der Waals surface area contributed by atoms with E-state index in [1.165, 1.54) is 71.8 Å². The van der Waals surface area contributed by atoms with Crippen LogP contribution in [0.25, 0.3) is 0 Å². The predicted octanol–water partition coefficient (Wildman–Crippen LogP) is 4.25. The Labute approximate surface area is 500 Å². The molecule has 5 N–H and O–H groups in total. The SMILES string of the molecule is CCOC(=O)C1=NOC(c2ccccc2)(c2ccccc2)C1.COC(=O)c1ccc(I)cc1S(=O)(=O)NC(=O)Nc1nc(C)nc(OC)n1.COc1cc(OC)nc(NC(=O)NS(=O)(=O)c2cc(NC=O)ccc2C(=O)N(C)C)n1.[Na]. The molecule has 0 atom stereocenters. The van der Waals surface area contributed by atoms with Crippen LogP contribution in [0.15, 0.2) is 118 Å². The van der Waals surface area contributed by atoms with Gasteiger partial charge in [-0.05, 0) is 72.8 Å². The molecule has 0 saturated carbocycles. The Morgan fingerprint density at radius 1 is 0.691 bits per heavy atom. The van der Waals surface area contributed by atoms with Gasteiger partial charge in [0.2, 0.25) is 30.1 Å². The molecule has 0 saturated heterocycles. The molecule has 28 nitrogen and oxygen atoms in total. The maximum Gasteiger partial charge on any atom is 0.356 e. The van der Waals surface area contributed by atoms with Gasteiger partial charge in [-0.15, -0.1) is 0 Å². The average Bonchev–Trinajstić information content (AvgIpc) is 4.16. The van der Waals surface area contributed by atoms with Crippen LogP contribution in [-0.4, -0.2) is 167 Å². The second kappa shape index (κ2) is 29.9. The van der Waals surface area contributed by atoms with Crippen LogP contribution in [0.5, 0.6) is 17.8 Å². The summed E-state index contributed by atoms with van der Waals surface area (Å²) in [4.78, 5) is 96.5. The second-order valence-electron chi connectivity index (χ2n) is 16.0. The zero-order chi connectivity index (χ0) is 58.8. The molecule has 2 aromatic heterocycles. The minimum atomic E-state index is -4.54. The van der Waals surface area contributed by atoms with E-state index in [0.29, 0.717) is 28.7 Å². The molecule has 4 aromatic carbocycles. The second-order valence-corrected chi connectivity index (χ2v) is 20.5. The summed E-state index contributed by atoms with van der Waals surface area (Å²) in [6.45, 7) is 3.63. The first-order valence-corrected chi connectivity index (χ1v) is 27.0. The Morgan fingerprint density at radius 3 is 1.72 bits per heavy atom. The number of ether oxygens (including phenoxy) is 5. The van der Waals surface area contributed by atoms with Crippen LogP contribution >= 0.6 is 22.6 Å². The van der Waals surface area contributed by atoms with E-state index in [9.17, 15) is 45.6 Å². The van der Waals surface area contributed by atoms with Crippen molar-refractivity contribution in [3.8, 4) is 17.8 Å². The Bertz CT molecular complexity index is 3450. The van der Waals surface area contributed by atoms with E-state index in [0.717, 1.165) is 29.2 Å². The molecule has 1 aliphatic heterocycles. The first-order chi connectivity index (χ1) is 38.0. The summed E-state index contributed by atoms with van der Waals surface area (Å²) in [5.74, 6) is -2.01. The molecule has 0 unspecified atom stereocenters. The number of halogens is 1. The third kappa shape index (κ3) is 17.7. The van der Waals surface area contributed by atoms with Gasteiger partial charge < -0.3 is 38.7 Å². The molecule has 7 rings (SSSR count). The van der Waals surface area contributed by atoms with E-state index in [1.807, 2.05) is 83.3 Å². The number of aryl methyl sites for hydroxylation is 1. The number of amides is 6. The number of carbonyl (C=O) groups is 6. The molecule has 0 aliphatic carbocycles. The van der Waals surface area contributed by atoms with Crippen LogP contribution in [0, 0.1) is 10.5 Å². The van der Waals surface area contributed by atoms with Crippen LogP contribution in [0.2, 0.25) is 0 Å². The van der Waals surface area contributed by atoms with E-state index < -0.39 is 65.3 Å². The number of anilines is 3. The number of aromatic nitrogens is 5. The average molecular weight is 1280 g/mol. The van der Waals surface area contributed by atoms with Crippen LogP contribution in [0.4, 0.5) is 27.2 Å². The first-order valence-electron chi connectivity index (χ1n) is 22.9. The molecule has 6 amide bonds. The number of carbonyl (C=O) groups excluding carboxylic acids is 6. The fraction of sp³-hybridized carbons (Fsp3) is 0.224. The molecule has 0 fully saturated rings. The largest absolute Gasteiger partial charge is 0.481 e. The van der Waals surface area contributed by atoms with E-state index in [1.54, 1.807) is 23.3 Å². The predicted molar refractivity (Wildman–Crippen MR) is 299 cm³/mol. The molecule has 1 radical (unpaired) electrons. The zero-order valence-electron chi connectivity index (χ0n) is 44.7. The normalized spacial score (nSPS) is 11.9. The standard InChI is InChI=1S/C18H17NO3.C17H20N6O7S.C14H14IN5O6S.Na/c1-2-21-17(20)16-13-18(22-19-16,14-9-5-3-6-10-14)15-11-7-4-8-12-15;1-23(2)15(25)11-6-5-10(18-9-24)7-12(11)31(27,28)22-17(26)21-16-19-13(29-3)8-14(20-16)30-4;1-7-16-12(19-14(17-7)26-3)18-13(22)20-27(23,24)10-6-8(15)4-5-9(10)11(21)25-2;/h3-12H,2,13H2,1H3;5-9H,1-4H3,(H,18,24)(H2,19,20,21,22,26);4-6H,1-3H3,(H2,16,17,18,19,20,22);. The van der Waals surface area contributed by atoms with Crippen molar-refractivity contribution in [3.05, 3.63) is 135 Å². The number of rotatable bonds is 17. The van der Waals surface area contributed by atoms with Gasteiger partial charge in [-0.1, -0.05) is 65.8 Å². The van der Waals surface area contributed by atoms with Gasteiger partial charge >= 0.3 is 30.0 Å². The minimum Gasteiger partial charge on any atom is -0.481 e. The van der Waals surface area contributed by atoms with Gasteiger partial charge in [0.05, 0.1) is 58.7 Å². The molecule has 0 spiro atoms. The van der Waals surface area contributed by atoms with Gasteiger partial charge in [0.15, 0.2) is 11.3 Å². The zero-order valence-corrected chi connectivity index (χ0v) is 50.5. The van der Waals surface area contributed by atoms with Gasteiger partial charge in [0.25, 0.3) is 26.0 Å². The van der Waals surface area contributed by atoms with Gasteiger partial charge in [-0.2, -0.15) is 24.9 Å². The monoisotopic (exact) mass is 1280 g/mol. The van der Waals surface area contributed by atoms with Gasteiger partial charge in [0, 0.05) is 64.0 Å². The number of nitrogens with one attached hydrogen (secondary N) is 5. The summed E-state index contributed by atoms with van der Waals surface area (Å²) in [5, 5.41) is 10.6. The molecule has 3 heterocycles. The number of sulfonamides is 2. The molecule has 0 bridgehead atoms. The van der Waals surface area contributed by atoms with Gasteiger partial charge in [-0.3, -0.25) is 20.2 Å². The Kier molecular flexibility index (Phi) is 24.2.